The van der Waals surface area contributed by atoms with Crippen molar-refractivity contribution in [2.24, 2.45) is 0 Å². The maximum Gasteiger partial charge on any atom is 0.327 e. The maximum atomic E-state index is 12.2. The monoisotopic (exact) mass is 273 g/mol. The van der Waals surface area contributed by atoms with Gasteiger partial charge in [-0.05, 0) is 32.9 Å². The van der Waals surface area contributed by atoms with Crippen LogP contribution in [0.1, 0.15) is 19.8 Å². The minimum Gasteiger partial charge on any atom is -0.480 e. The number of aliphatic carboxylic acids is 1. The Balaban J connectivity index is 1.95. The quantitative estimate of drug-likeness (QED) is 0.674. The number of nitrogens with one attached hydrogen (secondary N) is 2. The van der Waals surface area contributed by atoms with Crippen molar-refractivity contribution in [3.8, 4) is 0 Å². The van der Waals surface area contributed by atoms with E-state index in [1.165, 1.54) is 16.7 Å². The lowest BCUT2D eigenvalue weighted by molar-refractivity contribution is -0.141. The Morgan fingerprint density at radius 3 is 2.67 bits per heavy atom. The first kappa shape index (κ1) is 13.5. The number of carbonyl (C=O) groups is 2. The van der Waals surface area contributed by atoms with E-state index >= 15 is 0 Å². The lowest BCUT2D eigenvalue weighted by Gasteiger charge is -2.30. The summed E-state index contributed by atoms with van der Waals surface area (Å²) in [6, 6.07) is -0.787. The van der Waals surface area contributed by atoms with Crippen molar-refractivity contribution < 1.29 is 14.7 Å². The summed E-state index contributed by atoms with van der Waals surface area (Å²) in [7, 11) is 0. The molecular weight excluding hydrogens is 254 g/mol. The highest BCUT2D eigenvalue weighted by Gasteiger charge is 2.40. The van der Waals surface area contributed by atoms with Crippen molar-refractivity contribution >= 4 is 23.8 Å². The second-order valence-corrected chi connectivity index (χ2v) is 6.02. The summed E-state index contributed by atoms with van der Waals surface area (Å²) < 4.78 is 0. The maximum absolute atomic E-state index is 12.2. The molecule has 2 aliphatic heterocycles. The predicted molar refractivity (Wildman–Crippen MR) is 69.6 cm³/mol. The van der Waals surface area contributed by atoms with E-state index in [9.17, 15) is 9.59 Å². The fourth-order valence-corrected chi connectivity index (χ4v) is 3.52. The third-order valence-corrected chi connectivity index (χ3v) is 4.63. The summed E-state index contributed by atoms with van der Waals surface area (Å²) >= 11 is 1.50. The van der Waals surface area contributed by atoms with Crippen LogP contribution in [-0.2, 0) is 4.79 Å². The van der Waals surface area contributed by atoms with Gasteiger partial charge in [-0.1, -0.05) is 0 Å². The molecule has 0 aliphatic carbocycles. The van der Waals surface area contributed by atoms with Gasteiger partial charge in [-0.3, -0.25) is 4.90 Å². The molecule has 2 amide bonds. The summed E-state index contributed by atoms with van der Waals surface area (Å²) in [5.41, 5.74) is 0. The molecule has 0 aromatic rings. The highest BCUT2D eigenvalue weighted by molar-refractivity contribution is 8.00. The number of piperidine rings is 1. The van der Waals surface area contributed by atoms with E-state index in [1.54, 1.807) is 0 Å². The predicted octanol–water partition coefficient (Wildman–Crippen LogP) is 0.296. The summed E-state index contributed by atoms with van der Waals surface area (Å²) in [4.78, 5) is 24.7. The van der Waals surface area contributed by atoms with Crippen molar-refractivity contribution in [3.63, 3.8) is 0 Å². The number of hydrogen-bond donors (Lipinski definition) is 3. The van der Waals surface area contributed by atoms with Gasteiger partial charge in [0.25, 0.3) is 0 Å². The number of carboxylic acids is 1. The number of carboxylic acid groups (broad SMARTS) is 1. The number of carbonyl (C=O) groups excluding carboxylic acids is 1. The Labute approximate surface area is 110 Å². The van der Waals surface area contributed by atoms with Crippen LogP contribution in [0.25, 0.3) is 0 Å². The van der Waals surface area contributed by atoms with Crippen LogP contribution in [0, 0.1) is 0 Å². The first-order valence-electron chi connectivity index (χ1n) is 6.23. The third-order valence-electron chi connectivity index (χ3n) is 3.41. The van der Waals surface area contributed by atoms with Gasteiger partial charge in [0.1, 0.15) is 6.04 Å². The van der Waals surface area contributed by atoms with Crippen LogP contribution in [-0.4, -0.2) is 58.3 Å². The van der Waals surface area contributed by atoms with Crippen molar-refractivity contribution in [2.75, 3.05) is 18.8 Å². The highest BCUT2D eigenvalue weighted by Crippen LogP contribution is 2.28. The SMILES string of the molecule is CC1SCC(C(=O)O)N1C(=O)NC1CCNCC1. The molecule has 2 rings (SSSR count). The molecule has 0 aromatic carbocycles. The molecule has 2 unspecified atom stereocenters. The van der Waals surface area contributed by atoms with Crippen LogP contribution in [0.4, 0.5) is 4.79 Å². The van der Waals surface area contributed by atoms with Gasteiger partial charge in [-0.25, -0.2) is 9.59 Å². The van der Waals surface area contributed by atoms with E-state index in [1.807, 2.05) is 6.92 Å². The fourth-order valence-electron chi connectivity index (χ4n) is 2.36. The first-order valence-corrected chi connectivity index (χ1v) is 7.28. The van der Waals surface area contributed by atoms with E-state index in [0.717, 1.165) is 25.9 Å². The van der Waals surface area contributed by atoms with Gasteiger partial charge in [-0.2, -0.15) is 0 Å². The zero-order valence-corrected chi connectivity index (χ0v) is 11.2. The van der Waals surface area contributed by atoms with Gasteiger partial charge >= 0.3 is 12.0 Å². The lowest BCUT2D eigenvalue weighted by Crippen LogP contribution is -2.53. The molecule has 6 nitrogen and oxygen atoms in total. The largest absolute Gasteiger partial charge is 0.480 e. The Kier molecular flexibility index (Phi) is 4.34. The Morgan fingerprint density at radius 1 is 1.39 bits per heavy atom. The average molecular weight is 273 g/mol. The van der Waals surface area contributed by atoms with Crippen LogP contribution < -0.4 is 10.6 Å². The van der Waals surface area contributed by atoms with Crippen LogP contribution >= 0.6 is 11.8 Å². The van der Waals surface area contributed by atoms with Crippen LogP contribution in [0.3, 0.4) is 0 Å². The molecule has 0 bridgehead atoms. The number of amides is 2. The van der Waals surface area contributed by atoms with E-state index in [4.69, 9.17) is 5.11 Å². The van der Waals surface area contributed by atoms with Crippen LogP contribution in [0.2, 0.25) is 0 Å². The number of rotatable bonds is 2. The van der Waals surface area contributed by atoms with Gasteiger partial charge in [0.2, 0.25) is 0 Å². The van der Waals surface area contributed by atoms with E-state index in [2.05, 4.69) is 10.6 Å². The topological polar surface area (TPSA) is 81.7 Å². The molecule has 2 fully saturated rings. The zero-order valence-electron chi connectivity index (χ0n) is 10.4. The normalized spacial score (nSPS) is 29.3. The van der Waals surface area contributed by atoms with E-state index in [0.29, 0.717) is 5.75 Å². The van der Waals surface area contributed by atoms with E-state index < -0.39 is 12.0 Å². The highest BCUT2D eigenvalue weighted by atomic mass is 32.2. The molecule has 3 N–H and O–H groups in total. The minimum atomic E-state index is -0.924. The molecule has 0 spiro atoms. The van der Waals surface area contributed by atoms with Crippen LogP contribution in [0.15, 0.2) is 0 Å². The van der Waals surface area contributed by atoms with Gasteiger partial charge < -0.3 is 15.7 Å². The smallest absolute Gasteiger partial charge is 0.327 e. The molecule has 7 heteroatoms. The second-order valence-electron chi connectivity index (χ2n) is 4.67. The van der Waals surface area contributed by atoms with Gasteiger partial charge in [0.05, 0.1) is 5.37 Å². The second kappa shape index (κ2) is 5.79. The zero-order chi connectivity index (χ0) is 13.1. The Morgan fingerprint density at radius 2 is 2.06 bits per heavy atom. The molecule has 102 valence electrons. The molecule has 2 saturated heterocycles. The molecule has 2 heterocycles. The van der Waals surface area contributed by atoms with Gasteiger partial charge in [0.15, 0.2) is 0 Å². The minimum absolute atomic E-state index is 0.0761. The van der Waals surface area contributed by atoms with Crippen molar-refractivity contribution in [2.45, 2.75) is 37.2 Å². The number of hydrogen-bond acceptors (Lipinski definition) is 4. The number of nitrogens with zero attached hydrogens (tertiary/aromatic N) is 1. The molecule has 0 aromatic heterocycles. The molecule has 18 heavy (non-hydrogen) atoms. The van der Waals surface area contributed by atoms with Crippen LogP contribution in [0.5, 0.6) is 0 Å². The van der Waals surface area contributed by atoms with Crippen molar-refractivity contribution in [3.05, 3.63) is 0 Å². The van der Waals surface area contributed by atoms with Crippen molar-refractivity contribution in [1.29, 1.82) is 0 Å². The molecule has 0 radical (unpaired) electrons. The summed E-state index contributed by atoms with van der Waals surface area (Å²) in [6.45, 7) is 3.67. The van der Waals surface area contributed by atoms with Gasteiger partial charge in [-0.15, -0.1) is 11.8 Å². The number of thioether (sulfide) groups is 1. The summed E-state index contributed by atoms with van der Waals surface area (Å²) in [5.74, 6) is -0.455. The lowest BCUT2D eigenvalue weighted by atomic mass is 10.1. The Bertz CT molecular complexity index is 333. The Hall–Kier alpha value is -0.950. The fraction of sp³-hybridized carbons (Fsp3) is 0.818. The molecule has 2 aliphatic rings. The number of urea groups is 1. The third kappa shape index (κ3) is 2.89. The van der Waals surface area contributed by atoms with Gasteiger partial charge in [0, 0.05) is 11.8 Å². The van der Waals surface area contributed by atoms with Crippen molar-refractivity contribution in [1.82, 2.24) is 15.5 Å². The molecule has 0 saturated carbocycles. The average Bonchev–Trinajstić information content (AvgIpc) is 2.72. The summed E-state index contributed by atoms with van der Waals surface area (Å²) in [5, 5.41) is 15.2. The molecular formula is C11H19N3O3S. The van der Waals surface area contributed by atoms with E-state index in [-0.39, 0.29) is 17.4 Å². The molecule has 2 atom stereocenters. The summed E-state index contributed by atoms with van der Waals surface area (Å²) in [6.07, 6.45) is 1.80. The standard InChI is InChI=1S/C11H19N3O3S/c1-7-14(9(6-18-7)10(15)16)11(17)13-8-2-4-12-5-3-8/h7-9,12H,2-6H2,1H3,(H,13,17)(H,15,16). The first-order chi connectivity index (χ1) is 8.59.